The molecule has 3 aromatic rings. The lowest BCUT2D eigenvalue weighted by Crippen LogP contribution is -2.15. The van der Waals surface area contributed by atoms with E-state index in [4.69, 9.17) is 0 Å². The molecule has 0 fully saturated rings. The molecule has 0 amide bonds. The maximum atomic E-state index is 3.48. The lowest BCUT2D eigenvalue weighted by atomic mass is 9.95. The van der Waals surface area contributed by atoms with Crippen molar-refractivity contribution in [3.63, 3.8) is 0 Å². The molecule has 1 atom stereocenters. The van der Waals surface area contributed by atoms with E-state index in [0.29, 0.717) is 6.04 Å². The summed E-state index contributed by atoms with van der Waals surface area (Å²) in [5.41, 5.74) is 0.224. The largest absolute Gasteiger partial charge is 0.308 e. The van der Waals surface area contributed by atoms with Gasteiger partial charge < -0.3 is 5.32 Å². The Balaban J connectivity index is 1.99. The molecule has 2 aromatic heterocycles. The van der Waals surface area contributed by atoms with Crippen LogP contribution in [0.4, 0.5) is 0 Å². The van der Waals surface area contributed by atoms with Gasteiger partial charge in [0.25, 0.3) is 0 Å². The van der Waals surface area contributed by atoms with Crippen molar-refractivity contribution in [2.24, 2.45) is 0 Å². The van der Waals surface area contributed by atoms with Gasteiger partial charge in [-0.25, -0.2) is 0 Å². The van der Waals surface area contributed by atoms with Gasteiger partial charge in [-0.05, 0) is 42.1 Å². The van der Waals surface area contributed by atoms with Crippen LogP contribution in [-0.4, -0.2) is 7.05 Å². The summed E-state index contributed by atoms with van der Waals surface area (Å²) < 4.78 is 1.36. The summed E-state index contributed by atoms with van der Waals surface area (Å²) in [5, 5.41) is 4.82. The predicted molar refractivity (Wildman–Crippen MR) is 95.7 cm³/mol. The van der Waals surface area contributed by atoms with Crippen LogP contribution in [0.15, 0.2) is 42.5 Å². The fourth-order valence-corrected chi connectivity index (χ4v) is 4.94. The van der Waals surface area contributed by atoms with E-state index in [-0.39, 0.29) is 5.41 Å². The molecule has 110 valence electrons. The van der Waals surface area contributed by atoms with Gasteiger partial charge in [0, 0.05) is 19.3 Å². The zero-order valence-electron chi connectivity index (χ0n) is 12.9. The second kappa shape index (κ2) is 5.56. The lowest BCUT2D eigenvalue weighted by molar-refractivity contribution is 0.604. The summed E-state index contributed by atoms with van der Waals surface area (Å²) in [6, 6.07) is 15.8. The molecule has 1 aromatic carbocycles. The second-order valence-electron chi connectivity index (χ2n) is 6.36. The Hall–Kier alpha value is -1.16. The van der Waals surface area contributed by atoms with Crippen LogP contribution in [0.3, 0.4) is 0 Å². The van der Waals surface area contributed by atoms with Crippen molar-refractivity contribution in [1.82, 2.24) is 5.32 Å². The zero-order chi connectivity index (χ0) is 15.0. The van der Waals surface area contributed by atoms with Gasteiger partial charge >= 0.3 is 0 Å². The Morgan fingerprint density at radius 2 is 1.71 bits per heavy atom. The fraction of sp³-hybridized carbons (Fsp3) is 0.333. The first-order valence-electron chi connectivity index (χ1n) is 7.25. The monoisotopic (exact) mass is 315 g/mol. The van der Waals surface area contributed by atoms with Crippen LogP contribution < -0.4 is 5.32 Å². The number of hydrogen-bond donors (Lipinski definition) is 1. The van der Waals surface area contributed by atoms with Crippen molar-refractivity contribution in [3.8, 4) is 0 Å². The highest BCUT2D eigenvalue weighted by molar-refractivity contribution is 7.19. The Morgan fingerprint density at radius 3 is 2.33 bits per heavy atom. The quantitative estimate of drug-likeness (QED) is 0.666. The molecule has 1 unspecified atom stereocenters. The minimum atomic E-state index is 0.224. The van der Waals surface area contributed by atoms with Gasteiger partial charge in [0.1, 0.15) is 0 Å². The van der Waals surface area contributed by atoms with Crippen LogP contribution in [0.5, 0.6) is 0 Å². The van der Waals surface area contributed by atoms with Gasteiger partial charge in [-0.2, -0.15) is 0 Å². The lowest BCUT2D eigenvalue weighted by Gasteiger charge is -2.16. The normalized spacial score (nSPS) is 13.7. The van der Waals surface area contributed by atoms with E-state index in [9.17, 15) is 0 Å². The van der Waals surface area contributed by atoms with Crippen molar-refractivity contribution >= 4 is 32.8 Å². The van der Waals surface area contributed by atoms with Crippen molar-refractivity contribution in [2.75, 3.05) is 7.05 Å². The summed E-state index contributed by atoms with van der Waals surface area (Å²) in [4.78, 5) is 4.23. The van der Waals surface area contributed by atoms with E-state index in [1.807, 2.05) is 29.7 Å². The van der Waals surface area contributed by atoms with Crippen molar-refractivity contribution in [1.29, 1.82) is 0 Å². The number of fused-ring (bicyclic) bond motifs is 1. The summed E-state index contributed by atoms with van der Waals surface area (Å²) in [6.45, 7) is 6.82. The molecule has 0 aliphatic heterocycles. The molecule has 0 spiro atoms. The Kier molecular flexibility index (Phi) is 3.91. The SMILES string of the molecule is CNC(c1ccc(C(C)(C)C)s1)c1cc2ccccc2s1. The molecular weight excluding hydrogens is 294 g/mol. The molecule has 1 nitrogen and oxygen atoms in total. The van der Waals surface area contributed by atoms with Crippen LogP contribution in [0.1, 0.15) is 41.4 Å². The highest BCUT2D eigenvalue weighted by atomic mass is 32.1. The van der Waals surface area contributed by atoms with Gasteiger partial charge in [0.15, 0.2) is 0 Å². The second-order valence-corrected chi connectivity index (χ2v) is 8.59. The minimum Gasteiger partial charge on any atom is -0.308 e. The molecule has 0 saturated heterocycles. The molecule has 0 saturated carbocycles. The standard InChI is InChI=1S/C18H21NS2/c1-18(2,3)16-10-9-14(21-16)17(19-4)15-11-12-7-5-6-8-13(12)20-15/h5-11,17,19H,1-4H3. The molecule has 1 N–H and O–H groups in total. The third-order valence-electron chi connectivity index (χ3n) is 3.67. The Morgan fingerprint density at radius 1 is 0.952 bits per heavy atom. The van der Waals surface area contributed by atoms with E-state index in [0.717, 1.165) is 0 Å². The highest BCUT2D eigenvalue weighted by Crippen LogP contribution is 2.38. The number of rotatable bonds is 3. The number of benzene rings is 1. The van der Waals surface area contributed by atoms with Crippen LogP contribution in [0.25, 0.3) is 10.1 Å². The molecule has 0 radical (unpaired) electrons. The van der Waals surface area contributed by atoms with E-state index in [2.05, 4.69) is 68.6 Å². The smallest absolute Gasteiger partial charge is 0.0763 e. The first kappa shape index (κ1) is 14.8. The first-order chi connectivity index (χ1) is 9.99. The predicted octanol–water partition coefficient (Wildman–Crippen LogP) is 5.57. The molecular formula is C18H21NS2. The first-order valence-corrected chi connectivity index (χ1v) is 8.88. The summed E-state index contributed by atoms with van der Waals surface area (Å²) in [7, 11) is 2.05. The van der Waals surface area contributed by atoms with Crippen LogP contribution in [0.2, 0.25) is 0 Å². The molecule has 3 rings (SSSR count). The summed E-state index contributed by atoms with van der Waals surface area (Å²) in [6.07, 6.45) is 0. The highest BCUT2D eigenvalue weighted by Gasteiger charge is 2.21. The Labute approximate surface area is 134 Å². The third-order valence-corrected chi connectivity index (χ3v) is 6.43. The third kappa shape index (κ3) is 2.91. The molecule has 0 aliphatic rings. The van der Waals surface area contributed by atoms with Gasteiger partial charge in [-0.15, -0.1) is 22.7 Å². The van der Waals surface area contributed by atoms with E-state index in [1.54, 1.807) is 0 Å². The van der Waals surface area contributed by atoms with Crippen molar-refractivity contribution < 1.29 is 0 Å². The Bertz CT molecular complexity index is 713. The number of thiophene rings is 2. The summed E-state index contributed by atoms with van der Waals surface area (Å²) in [5.74, 6) is 0. The maximum absolute atomic E-state index is 3.48. The average molecular weight is 316 g/mol. The fourth-order valence-electron chi connectivity index (χ4n) is 2.48. The zero-order valence-corrected chi connectivity index (χ0v) is 14.6. The topological polar surface area (TPSA) is 12.0 Å². The number of nitrogens with one attached hydrogen (secondary N) is 1. The molecule has 0 bridgehead atoms. The van der Waals surface area contributed by atoms with Crippen molar-refractivity contribution in [2.45, 2.75) is 32.2 Å². The van der Waals surface area contributed by atoms with Crippen molar-refractivity contribution in [3.05, 3.63) is 57.1 Å². The minimum absolute atomic E-state index is 0.224. The molecule has 0 aliphatic carbocycles. The van der Waals surface area contributed by atoms with Gasteiger partial charge in [-0.1, -0.05) is 39.0 Å². The van der Waals surface area contributed by atoms with E-state index >= 15 is 0 Å². The van der Waals surface area contributed by atoms with Crippen LogP contribution >= 0.6 is 22.7 Å². The van der Waals surface area contributed by atoms with Gasteiger partial charge in [-0.3, -0.25) is 0 Å². The molecule has 21 heavy (non-hydrogen) atoms. The van der Waals surface area contributed by atoms with E-state index in [1.165, 1.54) is 24.7 Å². The van der Waals surface area contributed by atoms with Gasteiger partial charge in [0.05, 0.1) is 6.04 Å². The van der Waals surface area contributed by atoms with Crippen LogP contribution in [0, 0.1) is 0 Å². The maximum Gasteiger partial charge on any atom is 0.0763 e. The molecule has 3 heteroatoms. The van der Waals surface area contributed by atoms with Crippen LogP contribution in [-0.2, 0) is 5.41 Å². The molecule has 2 heterocycles. The summed E-state index contributed by atoms with van der Waals surface area (Å²) >= 11 is 3.81. The average Bonchev–Trinajstić information content (AvgIpc) is 3.05. The van der Waals surface area contributed by atoms with E-state index < -0.39 is 0 Å². The van der Waals surface area contributed by atoms with Gasteiger partial charge in [0.2, 0.25) is 0 Å². The number of hydrogen-bond acceptors (Lipinski definition) is 3.